The van der Waals surface area contributed by atoms with E-state index in [1.54, 1.807) is 0 Å². The largest absolute Gasteiger partial charge is 0.355 e. The van der Waals surface area contributed by atoms with Crippen LogP contribution in [0.15, 0.2) is 30.3 Å². The number of carbonyl (C=O) groups is 2. The van der Waals surface area contributed by atoms with Crippen molar-refractivity contribution >= 4 is 11.8 Å². The topological polar surface area (TPSA) is 61.4 Å². The molecule has 2 N–H and O–H groups in total. The van der Waals surface area contributed by atoms with E-state index in [9.17, 15) is 9.59 Å². The molecule has 0 unspecified atom stereocenters. The van der Waals surface area contributed by atoms with Gasteiger partial charge in [-0.05, 0) is 25.5 Å². The normalized spacial score (nSPS) is 15.6. The number of rotatable bonds is 6. The summed E-state index contributed by atoms with van der Waals surface area (Å²) < 4.78 is 0. The molecule has 120 valence electrons. The molecule has 2 amide bonds. The van der Waals surface area contributed by atoms with Gasteiger partial charge in [-0.1, -0.05) is 30.3 Å². The number of nitrogens with one attached hydrogen (secondary N) is 2. The second kappa shape index (κ2) is 8.54. The van der Waals surface area contributed by atoms with Gasteiger partial charge in [-0.3, -0.25) is 9.59 Å². The molecule has 1 aromatic rings. The lowest BCUT2D eigenvalue weighted by molar-refractivity contribution is -0.132. The number of benzene rings is 1. The van der Waals surface area contributed by atoms with Crippen LogP contribution in [0.1, 0.15) is 24.8 Å². The van der Waals surface area contributed by atoms with E-state index in [1.807, 2.05) is 42.3 Å². The summed E-state index contributed by atoms with van der Waals surface area (Å²) in [6.07, 6.45) is 2.75. The maximum atomic E-state index is 12.1. The summed E-state index contributed by atoms with van der Waals surface area (Å²) in [5.74, 6) is 0.0995. The highest BCUT2D eigenvalue weighted by molar-refractivity contribution is 5.80. The van der Waals surface area contributed by atoms with Crippen LogP contribution in [0.25, 0.3) is 0 Å². The Bertz CT molecular complexity index is 482. The standard InChI is InChI=1S/C17H25N3O2/c1-18-15-8-11-20(12-9-15)17(22)7-10-19-16(21)13-14-5-3-2-4-6-14/h2-6,15,18H,7-13H2,1H3,(H,19,21). The highest BCUT2D eigenvalue weighted by Gasteiger charge is 2.21. The summed E-state index contributed by atoms with van der Waals surface area (Å²) >= 11 is 0. The van der Waals surface area contributed by atoms with Crippen LogP contribution in [0.5, 0.6) is 0 Å². The van der Waals surface area contributed by atoms with Gasteiger partial charge in [0.2, 0.25) is 11.8 Å². The lowest BCUT2D eigenvalue weighted by Crippen LogP contribution is -2.44. The number of hydrogen-bond acceptors (Lipinski definition) is 3. The van der Waals surface area contributed by atoms with Gasteiger partial charge in [-0.25, -0.2) is 0 Å². The fourth-order valence-corrected chi connectivity index (χ4v) is 2.73. The molecule has 0 atom stereocenters. The van der Waals surface area contributed by atoms with E-state index in [0.29, 0.717) is 25.4 Å². The van der Waals surface area contributed by atoms with Gasteiger partial charge in [-0.15, -0.1) is 0 Å². The lowest BCUT2D eigenvalue weighted by Gasteiger charge is -2.31. The van der Waals surface area contributed by atoms with Gasteiger partial charge in [-0.2, -0.15) is 0 Å². The van der Waals surface area contributed by atoms with Gasteiger partial charge in [0.15, 0.2) is 0 Å². The highest BCUT2D eigenvalue weighted by atomic mass is 16.2. The van der Waals surface area contributed by atoms with Gasteiger partial charge >= 0.3 is 0 Å². The number of hydrogen-bond donors (Lipinski definition) is 2. The number of likely N-dealkylation sites (tertiary alicyclic amines) is 1. The summed E-state index contributed by atoms with van der Waals surface area (Å²) in [5, 5.41) is 6.07. The molecule has 0 aromatic heterocycles. The first-order valence-corrected chi connectivity index (χ1v) is 7.94. The Morgan fingerprint density at radius 3 is 2.50 bits per heavy atom. The molecule has 1 fully saturated rings. The SMILES string of the molecule is CNC1CCN(C(=O)CCNC(=O)Cc2ccccc2)CC1. The quantitative estimate of drug-likeness (QED) is 0.822. The van der Waals surface area contributed by atoms with Gasteiger partial charge in [0.25, 0.3) is 0 Å². The van der Waals surface area contributed by atoms with Gasteiger partial charge < -0.3 is 15.5 Å². The monoisotopic (exact) mass is 303 g/mol. The van der Waals surface area contributed by atoms with Crippen LogP contribution in [0.4, 0.5) is 0 Å². The van der Waals surface area contributed by atoms with Crippen molar-refractivity contribution in [1.82, 2.24) is 15.5 Å². The molecule has 1 aromatic carbocycles. The van der Waals surface area contributed by atoms with Crippen LogP contribution in [-0.2, 0) is 16.0 Å². The Morgan fingerprint density at radius 2 is 1.86 bits per heavy atom. The third-order valence-corrected chi connectivity index (χ3v) is 4.12. The van der Waals surface area contributed by atoms with Crippen LogP contribution < -0.4 is 10.6 Å². The Labute approximate surface area is 132 Å². The molecule has 0 aliphatic carbocycles. The zero-order chi connectivity index (χ0) is 15.8. The van der Waals surface area contributed by atoms with E-state index < -0.39 is 0 Å². The average Bonchev–Trinajstić information content (AvgIpc) is 2.55. The fourth-order valence-electron chi connectivity index (χ4n) is 2.73. The molecule has 5 nitrogen and oxygen atoms in total. The van der Waals surface area contributed by atoms with Crippen LogP contribution >= 0.6 is 0 Å². The predicted molar refractivity (Wildman–Crippen MR) is 86.4 cm³/mol. The number of piperidine rings is 1. The van der Waals surface area contributed by atoms with E-state index in [1.165, 1.54) is 0 Å². The Kier molecular flexibility index (Phi) is 6.40. The number of carbonyl (C=O) groups excluding carboxylic acids is 2. The molecule has 1 aliphatic rings. The second-order valence-corrected chi connectivity index (χ2v) is 5.71. The van der Waals surface area contributed by atoms with Gasteiger partial charge in [0, 0.05) is 32.1 Å². The summed E-state index contributed by atoms with van der Waals surface area (Å²) in [6.45, 7) is 2.03. The summed E-state index contributed by atoms with van der Waals surface area (Å²) in [5.41, 5.74) is 0.987. The molecule has 0 spiro atoms. The molecule has 1 aliphatic heterocycles. The van der Waals surface area contributed by atoms with E-state index in [-0.39, 0.29) is 11.8 Å². The first-order chi connectivity index (χ1) is 10.7. The molecule has 0 bridgehead atoms. The average molecular weight is 303 g/mol. The van der Waals surface area contributed by atoms with Crippen molar-refractivity contribution in [1.29, 1.82) is 0 Å². The minimum absolute atomic E-state index is 0.0344. The van der Waals surface area contributed by atoms with E-state index in [2.05, 4.69) is 10.6 Å². The van der Waals surface area contributed by atoms with Crippen molar-refractivity contribution in [2.24, 2.45) is 0 Å². The molecular weight excluding hydrogens is 278 g/mol. The van der Waals surface area contributed by atoms with Crippen LogP contribution in [0, 0.1) is 0 Å². The van der Waals surface area contributed by atoms with Crippen molar-refractivity contribution in [2.45, 2.75) is 31.7 Å². The van der Waals surface area contributed by atoms with Gasteiger partial charge in [0.1, 0.15) is 0 Å². The molecule has 1 heterocycles. The maximum absolute atomic E-state index is 12.1. The molecular formula is C17H25N3O2. The third kappa shape index (κ3) is 5.15. The zero-order valence-corrected chi connectivity index (χ0v) is 13.2. The smallest absolute Gasteiger partial charge is 0.224 e. The third-order valence-electron chi connectivity index (χ3n) is 4.12. The fraction of sp³-hybridized carbons (Fsp3) is 0.529. The molecule has 0 saturated carbocycles. The summed E-state index contributed by atoms with van der Waals surface area (Å²) in [7, 11) is 1.96. The van der Waals surface area contributed by atoms with E-state index in [4.69, 9.17) is 0 Å². The van der Waals surface area contributed by atoms with Crippen LogP contribution in [-0.4, -0.2) is 49.4 Å². The minimum Gasteiger partial charge on any atom is -0.355 e. The highest BCUT2D eigenvalue weighted by Crippen LogP contribution is 2.10. The minimum atomic E-state index is -0.0344. The van der Waals surface area contributed by atoms with Crippen LogP contribution in [0.3, 0.4) is 0 Å². The van der Waals surface area contributed by atoms with Crippen molar-refractivity contribution < 1.29 is 9.59 Å². The molecule has 2 rings (SSSR count). The molecule has 0 radical (unpaired) electrons. The first-order valence-electron chi connectivity index (χ1n) is 7.94. The second-order valence-electron chi connectivity index (χ2n) is 5.71. The van der Waals surface area contributed by atoms with Gasteiger partial charge in [0.05, 0.1) is 6.42 Å². The summed E-state index contributed by atoms with van der Waals surface area (Å²) in [4.78, 5) is 25.8. The molecule has 1 saturated heterocycles. The first kappa shape index (κ1) is 16.5. The maximum Gasteiger partial charge on any atom is 0.224 e. The Morgan fingerprint density at radius 1 is 1.18 bits per heavy atom. The molecule has 5 heteroatoms. The van der Waals surface area contributed by atoms with Crippen molar-refractivity contribution in [3.8, 4) is 0 Å². The van der Waals surface area contributed by atoms with E-state index >= 15 is 0 Å². The van der Waals surface area contributed by atoms with Crippen molar-refractivity contribution in [2.75, 3.05) is 26.7 Å². The zero-order valence-electron chi connectivity index (χ0n) is 13.2. The van der Waals surface area contributed by atoms with Crippen LogP contribution in [0.2, 0.25) is 0 Å². The predicted octanol–water partition coefficient (Wildman–Crippen LogP) is 0.946. The Balaban J connectivity index is 1.64. The van der Waals surface area contributed by atoms with E-state index in [0.717, 1.165) is 31.5 Å². The number of amides is 2. The van der Waals surface area contributed by atoms with Crippen molar-refractivity contribution in [3.05, 3.63) is 35.9 Å². The molecule has 22 heavy (non-hydrogen) atoms. The number of nitrogens with zero attached hydrogens (tertiary/aromatic N) is 1. The Hall–Kier alpha value is -1.88. The van der Waals surface area contributed by atoms with Crippen molar-refractivity contribution in [3.63, 3.8) is 0 Å². The lowest BCUT2D eigenvalue weighted by atomic mass is 10.1. The summed E-state index contributed by atoms with van der Waals surface area (Å²) in [6, 6.07) is 10.1.